The zero-order valence-electron chi connectivity index (χ0n) is 17.7. The largest absolute Gasteiger partial charge is 0.357 e. The molecule has 0 unspecified atom stereocenters. The summed E-state index contributed by atoms with van der Waals surface area (Å²) in [4.78, 5) is 11.4. The number of carbonyl (C=O) groups excluding carboxylic acids is 1. The van der Waals surface area contributed by atoms with E-state index in [1.165, 1.54) is 30.0 Å². The first kappa shape index (κ1) is 21.7. The van der Waals surface area contributed by atoms with Crippen LogP contribution in [-0.2, 0) is 9.53 Å². The molecule has 2 fully saturated rings. The van der Waals surface area contributed by atoms with Gasteiger partial charge in [-0.05, 0) is 88.3 Å². The molecule has 2 aliphatic rings. The first-order valence-corrected chi connectivity index (χ1v) is 10.3. The average molecular weight is 415 g/mol. The lowest BCUT2D eigenvalue weighted by Crippen LogP contribution is -2.29. The van der Waals surface area contributed by atoms with Crippen molar-refractivity contribution in [3.05, 3.63) is 70.5 Å². The summed E-state index contributed by atoms with van der Waals surface area (Å²) in [7, 11) is 0. The Hall–Kier alpha value is -1.97. The highest BCUT2D eigenvalue weighted by Crippen LogP contribution is 2.42. The molecule has 1 aliphatic carbocycles. The molecular formula is C25H28ClFO2. The minimum atomic E-state index is -0.680. The van der Waals surface area contributed by atoms with Crippen LogP contribution >= 0.6 is 11.6 Å². The number of benzene rings is 2. The van der Waals surface area contributed by atoms with Gasteiger partial charge >= 0.3 is 0 Å². The summed E-state index contributed by atoms with van der Waals surface area (Å²) in [5, 5.41) is 0.433. The summed E-state index contributed by atoms with van der Waals surface area (Å²) < 4.78 is 19.4. The van der Waals surface area contributed by atoms with Crippen LogP contribution in [0.25, 0.3) is 11.1 Å². The molecule has 0 aromatic heterocycles. The first-order chi connectivity index (χ1) is 13.4. The molecule has 0 bridgehead atoms. The fourth-order valence-corrected chi connectivity index (χ4v) is 3.96. The lowest BCUT2D eigenvalue weighted by molar-refractivity contribution is -0.132. The van der Waals surface area contributed by atoms with E-state index in [-0.39, 0.29) is 11.6 Å². The lowest BCUT2D eigenvalue weighted by Gasteiger charge is -2.21. The number of Topliss-reactive ketones (excluding diaryl/α,β-unsaturated/α-hetero) is 1. The molecule has 2 aromatic rings. The first-order valence-electron chi connectivity index (χ1n) is 9.93. The third-order valence-corrected chi connectivity index (χ3v) is 5.82. The van der Waals surface area contributed by atoms with Gasteiger partial charge in [0.1, 0.15) is 11.4 Å². The number of hydrogen-bond donors (Lipinski definition) is 0. The van der Waals surface area contributed by atoms with Crippen LogP contribution in [0.1, 0.15) is 57.6 Å². The molecule has 4 heteroatoms. The molecule has 29 heavy (non-hydrogen) atoms. The maximum Gasteiger partial charge on any atom is 0.192 e. The van der Waals surface area contributed by atoms with Crippen molar-refractivity contribution < 1.29 is 13.9 Å². The highest BCUT2D eigenvalue weighted by Gasteiger charge is 2.48. The smallest absolute Gasteiger partial charge is 0.192 e. The van der Waals surface area contributed by atoms with E-state index < -0.39 is 11.2 Å². The molecule has 1 aliphatic heterocycles. The van der Waals surface area contributed by atoms with Gasteiger partial charge in [0, 0.05) is 16.2 Å². The Kier molecular flexibility index (Phi) is 5.77. The molecule has 154 valence electrons. The van der Waals surface area contributed by atoms with E-state index in [2.05, 4.69) is 25.6 Å². The van der Waals surface area contributed by atoms with Crippen molar-refractivity contribution in [2.75, 3.05) is 0 Å². The summed E-state index contributed by atoms with van der Waals surface area (Å²) in [5.41, 5.74) is 3.61. The van der Waals surface area contributed by atoms with E-state index in [0.717, 1.165) is 11.5 Å². The van der Waals surface area contributed by atoms with Crippen molar-refractivity contribution in [3.63, 3.8) is 0 Å². The van der Waals surface area contributed by atoms with Crippen LogP contribution in [-0.4, -0.2) is 17.0 Å². The van der Waals surface area contributed by atoms with Gasteiger partial charge in [-0.15, -0.1) is 0 Å². The van der Waals surface area contributed by atoms with E-state index in [4.69, 9.17) is 16.3 Å². The highest BCUT2D eigenvalue weighted by molar-refractivity contribution is 6.30. The molecule has 1 heterocycles. The Morgan fingerprint density at radius 3 is 2.14 bits per heavy atom. The number of carbonyl (C=O) groups is 1. The Morgan fingerprint density at radius 2 is 1.72 bits per heavy atom. The van der Waals surface area contributed by atoms with Gasteiger partial charge in [-0.2, -0.15) is 0 Å². The second kappa shape index (κ2) is 7.70. The van der Waals surface area contributed by atoms with Crippen LogP contribution in [0.5, 0.6) is 0 Å². The summed E-state index contributed by atoms with van der Waals surface area (Å²) in [5.74, 6) is 0.484. The van der Waals surface area contributed by atoms with Crippen molar-refractivity contribution in [1.82, 2.24) is 0 Å². The third-order valence-electron chi connectivity index (χ3n) is 5.59. The van der Waals surface area contributed by atoms with Gasteiger partial charge in [0.05, 0.1) is 5.60 Å². The zero-order chi connectivity index (χ0) is 21.6. The molecule has 1 saturated carbocycles. The number of ether oxygens (including phenoxy) is 1. The van der Waals surface area contributed by atoms with Gasteiger partial charge < -0.3 is 4.74 Å². The Labute approximate surface area is 177 Å². The van der Waals surface area contributed by atoms with Gasteiger partial charge in [-0.1, -0.05) is 36.4 Å². The number of aryl methyl sites for hydroxylation is 1. The highest BCUT2D eigenvalue weighted by atomic mass is 35.5. The summed E-state index contributed by atoms with van der Waals surface area (Å²) >= 11 is 5.77. The van der Waals surface area contributed by atoms with Crippen molar-refractivity contribution >= 4 is 17.4 Å². The predicted octanol–water partition coefficient (Wildman–Crippen LogP) is 7.03. The summed E-state index contributed by atoms with van der Waals surface area (Å²) in [6.07, 6.45) is 2.57. The summed E-state index contributed by atoms with van der Waals surface area (Å²) in [6, 6.07) is 11.0. The topological polar surface area (TPSA) is 26.3 Å². The quantitative estimate of drug-likeness (QED) is 0.493. The summed E-state index contributed by atoms with van der Waals surface area (Å²) in [6.45, 7) is 13.1. The maximum atomic E-state index is 13.9. The van der Waals surface area contributed by atoms with Crippen molar-refractivity contribution in [3.8, 4) is 11.1 Å². The van der Waals surface area contributed by atoms with Gasteiger partial charge in [-0.3, -0.25) is 4.79 Å². The van der Waals surface area contributed by atoms with E-state index in [1.54, 1.807) is 26.0 Å². The Bertz CT molecular complexity index is 947. The monoisotopic (exact) mass is 414 g/mol. The van der Waals surface area contributed by atoms with E-state index in [1.807, 2.05) is 19.9 Å². The molecule has 0 N–H and O–H groups in total. The Morgan fingerprint density at radius 1 is 1.07 bits per heavy atom. The van der Waals surface area contributed by atoms with Gasteiger partial charge in [0.2, 0.25) is 0 Å². The minimum Gasteiger partial charge on any atom is -0.357 e. The van der Waals surface area contributed by atoms with Gasteiger partial charge in [-0.25, -0.2) is 4.39 Å². The molecule has 0 amide bonds. The fraction of sp³-hybridized carbons (Fsp3) is 0.400. The van der Waals surface area contributed by atoms with Crippen molar-refractivity contribution in [1.29, 1.82) is 0 Å². The third kappa shape index (κ3) is 4.62. The normalized spacial score (nSPS) is 19.7. The van der Waals surface area contributed by atoms with Crippen LogP contribution in [0.15, 0.2) is 48.6 Å². The number of halogens is 2. The molecule has 1 saturated heterocycles. The van der Waals surface area contributed by atoms with Crippen LogP contribution in [0.2, 0.25) is 5.02 Å². The van der Waals surface area contributed by atoms with E-state index in [9.17, 15) is 9.18 Å². The van der Waals surface area contributed by atoms with E-state index in [0.29, 0.717) is 16.2 Å². The molecule has 2 aromatic carbocycles. The van der Waals surface area contributed by atoms with Crippen LogP contribution in [0, 0.1) is 12.7 Å². The molecule has 4 rings (SSSR count). The van der Waals surface area contributed by atoms with E-state index >= 15 is 0 Å². The molecule has 0 radical (unpaired) electrons. The molecule has 0 spiro atoms. The van der Waals surface area contributed by atoms with Crippen molar-refractivity contribution in [2.45, 2.75) is 64.6 Å². The Balaban J connectivity index is 0.000000188. The SMILES string of the molecule is C=C1C(=O)C(C)(C)OC1(C)C.Cc1cc(-c2ccc(Cl)cc2F)ccc1C1CC1. The number of ketones is 1. The second-order valence-corrected chi connectivity index (χ2v) is 9.34. The predicted molar refractivity (Wildman–Crippen MR) is 117 cm³/mol. The van der Waals surface area contributed by atoms with Crippen LogP contribution in [0.3, 0.4) is 0 Å². The molecule has 0 atom stereocenters. The lowest BCUT2D eigenvalue weighted by atomic mass is 9.94. The average Bonchev–Trinajstić information content (AvgIpc) is 3.42. The van der Waals surface area contributed by atoms with Crippen LogP contribution < -0.4 is 0 Å². The minimum absolute atomic E-state index is 0.0162. The maximum absolute atomic E-state index is 13.9. The standard InChI is InChI=1S/C16H14ClF.C9H14O2/c1-10-8-12(4-6-14(10)11-2-3-11)15-7-5-13(17)9-16(15)18;1-6-7(10)9(4,5)11-8(6,2)3/h4-9,11H,2-3H2,1H3;1H2,2-5H3. The van der Waals surface area contributed by atoms with Crippen molar-refractivity contribution in [2.24, 2.45) is 0 Å². The second-order valence-electron chi connectivity index (χ2n) is 8.90. The van der Waals surface area contributed by atoms with Gasteiger partial charge in [0.25, 0.3) is 0 Å². The molecular weight excluding hydrogens is 387 g/mol. The van der Waals surface area contributed by atoms with Gasteiger partial charge in [0.15, 0.2) is 5.78 Å². The number of hydrogen-bond acceptors (Lipinski definition) is 2. The fourth-order valence-electron chi connectivity index (χ4n) is 3.80. The van der Waals surface area contributed by atoms with Crippen LogP contribution in [0.4, 0.5) is 4.39 Å². The zero-order valence-corrected chi connectivity index (χ0v) is 18.5. The molecule has 2 nitrogen and oxygen atoms in total. The number of rotatable bonds is 2.